The van der Waals surface area contributed by atoms with Gasteiger partial charge >= 0.3 is 0 Å². The molecule has 2 aromatic heterocycles. The average Bonchev–Trinajstić information content (AvgIpc) is 3.47. The van der Waals surface area contributed by atoms with Crippen LogP contribution >= 0.6 is 47.9 Å². The van der Waals surface area contributed by atoms with Crippen molar-refractivity contribution >= 4 is 99.0 Å². The molecule has 0 spiro atoms. The number of thiol groups is 2. The first kappa shape index (κ1) is 22.7. The van der Waals surface area contributed by atoms with Crippen LogP contribution in [0.2, 0.25) is 0 Å². The minimum absolute atomic E-state index is 0.995. The highest BCUT2D eigenvalue weighted by atomic mass is 32.1. The van der Waals surface area contributed by atoms with E-state index in [9.17, 15) is 0 Å². The molecule has 0 saturated carbocycles. The van der Waals surface area contributed by atoms with E-state index in [0.717, 1.165) is 9.79 Å². The summed E-state index contributed by atoms with van der Waals surface area (Å²) in [6.07, 6.45) is 0. The fourth-order valence-corrected chi connectivity index (χ4v) is 8.60. The second kappa shape index (κ2) is 8.62. The van der Waals surface area contributed by atoms with Gasteiger partial charge in [-0.15, -0.1) is 47.9 Å². The van der Waals surface area contributed by atoms with Gasteiger partial charge < -0.3 is 0 Å². The summed E-state index contributed by atoms with van der Waals surface area (Å²) in [5.74, 6) is 0. The Morgan fingerprint density at radius 1 is 0.368 bits per heavy atom. The van der Waals surface area contributed by atoms with Gasteiger partial charge in [-0.05, 0) is 92.3 Å². The Hall–Kier alpha value is -3.28. The van der Waals surface area contributed by atoms with Crippen LogP contribution in [0.15, 0.2) is 119 Å². The summed E-state index contributed by atoms with van der Waals surface area (Å²) >= 11 is 12.8. The van der Waals surface area contributed by atoms with Crippen LogP contribution in [0.1, 0.15) is 0 Å². The van der Waals surface area contributed by atoms with E-state index in [4.69, 9.17) is 0 Å². The number of rotatable bonds is 2. The zero-order valence-electron chi connectivity index (χ0n) is 20.1. The van der Waals surface area contributed by atoms with Crippen LogP contribution < -0.4 is 0 Å². The monoisotopic (exact) mass is 556 g/mol. The zero-order valence-corrected chi connectivity index (χ0v) is 23.5. The predicted molar refractivity (Wildman–Crippen MR) is 175 cm³/mol. The Balaban J connectivity index is 1.21. The van der Waals surface area contributed by atoms with E-state index in [1.54, 1.807) is 0 Å². The van der Waals surface area contributed by atoms with Crippen LogP contribution in [0.3, 0.4) is 0 Å². The Morgan fingerprint density at radius 3 is 1.21 bits per heavy atom. The zero-order chi connectivity index (χ0) is 25.4. The van der Waals surface area contributed by atoms with Crippen LogP contribution in [-0.4, -0.2) is 0 Å². The summed E-state index contributed by atoms with van der Waals surface area (Å²) in [7, 11) is 0. The Labute approximate surface area is 239 Å². The number of hydrogen-bond acceptors (Lipinski definition) is 4. The van der Waals surface area contributed by atoms with Crippen LogP contribution in [0.5, 0.6) is 0 Å². The number of thiophene rings is 2. The molecular formula is C34H20S4. The second-order valence-electron chi connectivity index (χ2n) is 9.78. The van der Waals surface area contributed by atoms with Crippen molar-refractivity contribution in [1.29, 1.82) is 0 Å². The molecule has 0 bridgehead atoms. The maximum atomic E-state index is 4.48. The topological polar surface area (TPSA) is 0 Å². The summed E-state index contributed by atoms with van der Waals surface area (Å²) in [5, 5.41) is 7.63. The first-order valence-corrected chi connectivity index (χ1v) is 15.0. The maximum Gasteiger partial charge on any atom is 0.0542 e. The van der Waals surface area contributed by atoms with E-state index in [1.807, 2.05) is 22.7 Å². The van der Waals surface area contributed by atoms with Crippen molar-refractivity contribution in [3.8, 4) is 22.3 Å². The molecular weight excluding hydrogens is 537 g/mol. The molecule has 0 aliphatic heterocycles. The molecule has 8 rings (SSSR count). The third kappa shape index (κ3) is 3.67. The smallest absolute Gasteiger partial charge is 0.0542 e. The van der Waals surface area contributed by atoms with Crippen LogP contribution in [0.25, 0.3) is 73.4 Å². The van der Waals surface area contributed by atoms with Gasteiger partial charge in [0.15, 0.2) is 0 Å². The molecule has 4 heteroatoms. The van der Waals surface area contributed by atoms with E-state index < -0.39 is 0 Å². The standard InChI is InChI=1S/C34H20S4/c35-27-9-5-21-13-19(1-3-23(21)15-27)25-7-11-29-31(17-25)37-34-30-12-8-26(18-32(30)38-33(29)34)20-2-4-24-16-28(36)10-6-22(24)14-20/h1-18,35-36H. The lowest BCUT2D eigenvalue weighted by atomic mass is 10.0. The van der Waals surface area contributed by atoms with Crippen LogP contribution in [0, 0.1) is 0 Å². The van der Waals surface area contributed by atoms with Crippen molar-refractivity contribution in [2.75, 3.05) is 0 Å². The average molecular weight is 557 g/mol. The van der Waals surface area contributed by atoms with Gasteiger partial charge in [0, 0.05) is 30.0 Å². The molecule has 0 nitrogen and oxygen atoms in total. The van der Waals surface area contributed by atoms with Gasteiger partial charge in [0.05, 0.1) is 9.40 Å². The number of benzene rings is 6. The minimum Gasteiger partial charge on any atom is -0.143 e. The quantitative estimate of drug-likeness (QED) is 0.194. The fraction of sp³-hybridized carbons (Fsp3) is 0. The summed E-state index contributed by atoms with van der Waals surface area (Å²) in [4.78, 5) is 1.99. The Morgan fingerprint density at radius 2 is 0.737 bits per heavy atom. The molecule has 0 fully saturated rings. The lowest BCUT2D eigenvalue weighted by Gasteiger charge is -2.06. The van der Waals surface area contributed by atoms with Crippen LogP contribution in [0.4, 0.5) is 0 Å². The normalized spacial score (nSPS) is 11.9. The number of hydrogen-bond donors (Lipinski definition) is 2. The fourth-order valence-electron chi connectivity index (χ4n) is 5.44. The lowest BCUT2D eigenvalue weighted by Crippen LogP contribution is -1.79. The van der Waals surface area contributed by atoms with Gasteiger partial charge in [-0.25, -0.2) is 0 Å². The molecule has 8 aromatic rings. The van der Waals surface area contributed by atoms with Gasteiger partial charge in [0.25, 0.3) is 0 Å². The summed E-state index contributed by atoms with van der Waals surface area (Å²) in [6, 6.07) is 39.9. The molecule has 0 aliphatic carbocycles. The van der Waals surface area contributed by atoms with E-state index in [-0.39, 0.29) is 0 Å². The minimum atomic E-state index is 0.995. The second-order valence-corrected chi connectivity index (χ2v) is 12.9. The third-order valence-corrected chi connectivity index (χ3v) is 10.5. The SMILES string of the molecule is Sc1ccc2cc(-c3ccc4c(c3)sc3c5ccc(-c6ccc7cc(S)ccc7c6)cc5sc43)ccc2c1. The van der Waals surface area contributed by atoms with Crippen molar-refractivity contribution in [3.63, 3.8) is 0 Å². The van der Waals surface area contributed by atoms with Crippen molar-refractivity contribution < 1.29 is 0 Å². The molecule has 6 aromatic carbocycles. The first-order valence-electron chi connectivity index (χ1n) is 12.4. The van der Waals surface area contributed by atoms with E-state index in [2.05, 4.69) is 134 Å². The first-order chi connectivity index (χ1) is 18.6. The number of fused-ring (bicyclic) bond motifs is 7. The van der Waals surface area contributed by atoms with Gasteiger partial charge in [-0.2, -0.15) is 0 Å². The maximum absolute atomic E-state index is 4.48. The highest BCUT2D eigenvalue weighted by Gasteiger charge is 2.14. The van der Waals surface area contributed by atoms with Gasteiger partial charge in [0.2, 0.25) is 0 Å². The van der Waals surface area contributed by atoms with Crippen molar-refractivity contribution in [2.24, 2.45) is 0 Å². The molecule has 38 heavy (non-hydrogen) atoms. The highest BCUT2D eigenvalue weighted by Crippen LogP contribution is 2.46. The van der Waals surface area contributed by atoms with E-state index >= 15 is 0 Å². The Bertz CT molecular complexity index is 2060. The summed E-state index contributed by atoms with van der Waals surface area (Å²) in [6.45, 7) is 0. The molecule has 180 valence electrons. The predicted octanol–water partition coefficient (Wildman–Crippen LogP) is 11.5. The van der Waals surface area contributed by atoms with Crippen LogP contribution in [-0.2, 0) is 0 Å². The molecule has 0 radical (unpaired) electrons. The molecule has 2 heterocycles. The van der Waals surface area contributed by atoms with Gasteiger partial charge in [-0.1, -0.05) is 60.7 Å². The van der Waals surface area contributed by atoms with E-state index in [0.29, 0.717) is 0 Å². The van der Waals surface area contributed by atoms with Gasteiger partial charge in [0.1, 0.15) is 0 Å². The summed E-state index contributed by atoms with van der Waals surface area (Å²) in [5.41, 5.74) is 5.02. The molecule has 0 atom stereocenters. The molecule has 0 amide bonds. The third-order valence-electron chi connectivity index (χ3n) is 7.40. The molecule has 0 aliphatic rings. The lowest BCUT2D eigenvalue weighted by molar-refractivity contribution is 1.52. The highest BCUT2D eigenvalue weighted by molar-refractivity contribution is 7.80. The largest absolute Gasteiger partial charge is 0.143 e. The molecule has 0 N–H and O–H groups in total. The van der Waals surface area contributed by atoms with Crippen molar-refractivity contribution in [1.82, 2.24) is 0 Å². The molecule has 0 saturated heterocycles. The summed E-state index contributed by atoms with van der Waals surface area (Å²) < 4.78 is 5.48. The van der Waals surface area contributed by atoms with Gasteiger partial charge in [-0.3, -0.25) is 0 Å². The van der Waals surface area contributed by atoms with Crippen molar-refractivity contribution in [3.05, 3.63) is 109 Å². The Kier molecular flexibility index (Phi) is 5.14. The van der Waals surface area contributed by atoms with Crippen molar-refractivity contribution in [2.45, 2.75) is 9.79 Å². The van der Waals surface area contributed by atoms with E-state index in [1.165, 1.54) is 73.4 Å². The molecule has 0 unspecified atom stereocenters.